The molecule has 6 nitrogen and oxygen atoms in total. The molecule has 1 aliphatic rings. The molecule has 7 heteroatoms. The number of allylic oxidation sites excluding steroid dienone is 1. The molecule has 0 fully saturated rings. The van der Waals surface area contributed by atoms with E-state index in [0.29, 0.717) is 17.1 Å². The van der Waals surface area contributed by atoms with Gasteiger partial charge in [-0.3, -0.25) is 9.59 Å². The number of carbonyl (C=O) groups is 2. The lowest BCUT2D eigenvalue weighted by molar-refractivity contribution is -0.120. The van der Waals surface area contributed by atoms with Crippen LogP contribution in [0.25, 0.3) is 0 Å². The summed E-state index contributed by atoms with van der Waals surface area (Å²) in [6, 6.07) is 13.6. The molecule has 0 radical (unpaired) electrons. The number of rotatable bonds is 3. The van der Waals surface area contributed by atoms with E-state index in [9.17, 15) is 14.7 Å². The van der Waals surface area contributed by atoms with Crippen LogP contribution in [0.3, 0.4) is 0 Å². The Balaban J connectivity index is 2.29. The molecule has 3 rings (SSSR count). The van der Waals surface area contributed by atoms with Gasteiger partial charge in [-0.15, -0.1) is 5.01 Å². The third-order valence-corrected chi connectivity index (χ3v) is 4.81. The fraction of sp³-hybridized carbons (Fsp3) is 0.111. The molecule has 1 unspecified atom stereocenters. The quantitative estimate of drug-likeness (QED) is 0.653. The van der Waals surface area contributed by atoms with Gasteiger partial charge in [-0.25, -0.2) is 0 Å². The van der Waals surface area contributed by atoms with Gasteiger partial charge in [0, 0.05) is 19.1 Å². The van der Waals surface area contributed by atoms with Crippen molar-refractivity contribution in [3.8, 4) is 5.75 Å². The number of quaternary nitrogens is 1. The number of amides is 2. The zero-order valence-electron chi connectivity index (χ0n) is 13.7. The van der Waals surface area contributed by atoms with Crippen LogP contribution in [0, 0.1) is 0 Å². The van der Waals surface area contributed by atoms with Gasteiger partial charge < -0.3 is 10.8 Å². The van der Waals surface area contributed by atoms with Gasteiger partial charge in [0.15, 0.2) is 17.0 Å². The number of para-hydroxylation sites is 1. The molecule has 0 aromatic heterocycles. The first-order valence-electron chi connectivity index (χ1n) is 7.55. The lowest BCUT2D eigenvalue weighted by Crippen LogP contribution is -2.56. The van der Waals surface area contributed by atoms with Crippen LogP contribution < -0.4 is 15.3 Å². The molecular formula is C18H17ClN3O3+. The van der Waals surface area contributed by atoms with Crippen LogP contribution in [-0.2, 0) is 9.59 Å². The number of nitrogens with two attached hydrogens (primary N) is 1. The van der Waals surface area contributed by atoms with Gasteiger partial charge in [-0.05, 0) is 18.2 Å². The second-order valence-electron chi connectivity index (χ2n) is 5.87. The SMILES string of the molecule is CC1=C(C(N)=O)C(=O)N(c2ccccc2)[N+]1(C)c1ccc(O)c(Cl)c1. The standard InChI is InChI=1S/C18H16ClN3O3/c1-11-16(17(20)24)18(25)21(12-6-4-3-5-7-12)22(11,2)13-8-9-15(23)14(19)10-13/h3-10H,1-2H3,(H2-,20,23,24)/p+1. The number of carbonyl (C=O) groups excluding carboxylic acids is 2. The molecule has 128 valence electrons. The molecule has 25 heavy (non-hydrogen) atoms. The van der Waals surface area contributed by atoms with Gasteiger partial charge in [0.2, 0.25) is 0 Å². The molecule has 2 aromatic carbocycles. The first-order chi connectivity index (χ1) is 11.8. The highest BCUT2D eigenvalue weighted by atomic mass is 35.5. The number of anilines is 1. The Bertz CT molecular complexity index is 911. The lowest BCUT2D eigenvalue weighted by atomic mass is 10.2. The molecular weight excluding hydrogens is 342 g/mol. The maximum absolute atomic E-state index is 13.0. The van der Waals surface area contributed by atoms with Gasteiger partial charge in [0.1, 0.15) is 12.8 Å². The highest BCUT2D eigenvalue weighted by molar-refractivity contribution is 6.32. The molecule has 0 bridgehead atoms. The fourth-order valence-corrected chi connectivity index (χ4v) is 3.26. The van der Waals surface area contributed by atoms with Gasteiger partial charge in [-0.2, -0.15) is 4.59 Å². The summed E-state index contributed by atoms with van der Waals surface area (Å²) >= 11 is 6.06. The van der Waals surface area contributed by atoms with Crippen LogP contribution in [0.2, 0.25) is 5.02 Å². The summed E-state index contributed by atoms with van der Waals surface area (Å²) in [4.78, 5) is 24.8. The van der Waals surface area contributed by atoms with E-state index >= 15 is 0 Å². The second kappa shape index (κ2) is 5.91. The van der Waals surface area contributed by atoms with Crippen molar-refractivity contribution in [1.29, 1.82) is 0 Å². The third-order valence-electron chi connectivity index (χ3n) is 4.50. The van der Waals surface area contributed by atoms with Crippen LogP contribution in [0.5, 0.6) is 5.75 Å². The van der Waals surface area contributed by atoms with E-state index in [4.69, 9.17) is 17.3 Å². The third kappa shape index (κ3) is 2.47. The van der Waals surface area contributed by atoms with Crippen molar-refractivity contribution in [1.82, 2.24) is 4.59 Å². The summed E-state index contributed by atoms with van der Waals surface area (Å²) in [6.07, 6.45) is 0. The number of halogens is 1. The normalized spacial score (nSPS) is 20.3. The fourth-order valence-electron chi connectivity index (χ4n) is 3.09. The van der Waals surface area contributed by atoms with Crippen LogP contribution in [0.1, 0.15) is 6.92 Å². The van der Waals surface area contributed by atoms with Gasteiger partial charge in [0.05, 0.1) is 10.7 Å². The molecule has 0 saturated heterocycles. The molecule has 1 aliphatic heterocycles. The number of hydrogen-bond acceptors (Lipinski definition) is 3. The van der Waals surface area contributed by atoms with E-state index in [1.165, 1.54) is 11.1 Å². The maximum atomic E-state index is 13.0. The van der Waals surface area contributed by atoms with Crippen molar-refractivity contribution in [2.45, 2.75) is 6.92 Å². The maximum Gasteiger partial charge on any atom is 0.316 e. The smallest absolute Gasteiger partial charge is 0.316 e. The van der Waals surface area contributed by atoms with E-state index in [0.717, 1.165) is 0 Å². The van der Waals surface area contributed by atoms with Crippen molar-refractivity contribution in [2.75, 3.05) is 12.1 Å². The molecule has 0 aliphatic carbocycles. The Morgan fingerprint density at radius 1 is 1.20 bits per heavy atom. The van der Waals surface area contributed by atoms with E-state index in [2.05, 4.69) is 0 Å². The van der Waals surface area contributed by atoms with Gasteiger partial charge >= 0.3 is 5.91 Å². The van der Waals surface area contributed by atoms with E-state index in [-0.39, 0.29) is 20.9 Å². The zero-order chi connectivity index (χ0) is 18.4. The largest absolute Gasteiger partial charge is 0.506 e. The van der Waals surface area contributed by atoms with Crippen LogP contribution in [0.4, 0.5) is 11.4 Å². The summed E-state index contributed by atoms with van der Waals surface area (Å²) in [5.74, 6) is -1.33. The Morgan fingerprint density at radius 2 is 1.84 bits per heavy atom. The minimum Gasteiger partial charge on any atom is -0.506 e. The molecule has 2 amide bonds. The number of phenols is 1. The Hall–Kier alpha value is -2.83. The highest BCUT2D eigenvalue weighted by Crippen LogP contribution is 2.42. The number of phenolic OH excluding ortho intramolecular Hbond substituents is 1. The summed E-state index contributed by atoms with van der Waals surface area (Å²) in [5, 5.41) is 11.3. The summed E-state index contributed by atoms with van der Waals surface area (Å²) in [5.41, 5.74) is 7.08. The second-order valence-corrected chi connectivity index (χ2v) is 6.28. The highest BCUT2D eigenvalue weighted by Gasteiger charge is 2.52. The van der Waals surface area contributed by atoms with E-state index in [1.807, 2.05) is 6.07 Å². The zero-order valence-corrected chi connectivity index (χ0v) is 14.5. The average Bonchev–Trinajstić information content (AvgIpc) is 2.78. The average molecular weight is 359 g/mol. The van der Waals surface area contributed by atoms with Crippen LogP contribution in [-0.4, -0.2) is 24.0 Å². The van der Waals surface area contributed by atoms with Gasteiger partial charge in [0.25, 0.3) is 5.91 Å². The lowest BCUT2D eigenvalue weighted by Gasteiger charge is -2.37. The van der Waals surface area contributed by atoms with Crippen molar-refractivity contribution in [2.24, 2.45) is 5.73 Å². The van der Waals surface area contributed by atoms with Gasteiger partial charge in [-0.1, -0.05) is 29.8 Å². The number of aromatic hydroxyl groups is 1. The topological polar surface area (TPSA) is 83.6 Å². The number of nitrogens with zero attached hydrogens (tertiary/aromatic N) is 2. The predicted molar refractivity (Wildman–Crippen MR) is 96.7 cm³/mol. The summed E-state index contributed by atoms with van der Waals surface area (Å²) in [6.45, 7) is 1.68. The first-order valence-corrected chi connectivity index (χ1v) is 7.93. The monoisotopic (exact) mass is 358 g/mol. The number of hydrogen-bond donors (Lipinski definition) is 2. The molecule has 0 spiro atoms. The Kier molecular flexibility index (Phi) is 4.02. The molecule has 1 heterocycles. The first kappa shape index (κ1) is 17.0. The van der Waals surface area contributed by atoms with Crippen molar-refractivity contribution in [3.63, 3.8) is 0 Å². The van der Waals surface area contributed by atoms with E-state index in [1.54, 1.807) is 50.4 Å². The van der Waals surface area contributed by atoms with E-state index < -0.39 is 11.8 Å². The summed E-state index contributed by atoms with van der Waals surface area (Å²) < 4.78 is -0.124. The van der Waals surface area contributed by atoms with Crippen molar-refractivity contribution < 1.29 is 14.7 Å². The number of benzene rings is 2. The minimum atomic E-state index is -0.782. The van der Waals surface area contributed by atoms with Crippen molar-refractivity contribution >= 4 is 34.8 Å². The Morgan fingerprint density at radius 3 is 2.40 bits per heavy atom. The van der Waals surface area contributed by atoms with Crippen LogP contribution >= 0.6 is 11.6 Å². The van der Waals surface area contributed by atoms with Crippen LogP contribution in [0.15, 0.2) is 59.8 Å². The summed E-state index contributed by atoms with van der Waals surface area (Å²) in [7, 11) is 1.76. The molecule has 2 aromatic rings. The minimum absolute atomic E-state index is 0.0597. The molecule has 3 N–H and O–H groups in total. The predicted octanol–water partition coefficient (Wildman–Crippen LogP) is 2.70. The van der Waals surface area contributed by atoms with Crippen molar-refractivity contribution in [3.05, 3.63) is 64.8 Å². The molecule has 1 atom stereocenters. The Labute approximate surface area is 149 Å². The molecule has 0 saturated carbocycles. The number of primary amides is 1.